The Morgan fingerprint density at radius 2 is 2.05 bits per heavy atom. The second-order valence-corrected chi connectivity index (χ2v) is 6.45. The highest BCUT2D eigenvalue weighted by Crippen LogP contribution is 2.39. The highest BCUT2D eigenvalue weighted by atomic mass is 16.2. The standard InChI is InChI=1S/C16H23N3O2/c1-10-6-7-19(14-5-3-2-4-12(10)14)16(21)13-8-11(9-18-13)15(17)20/h8-10,12,14,18H,2-7H2,1H3,(H2,17,20)/t10-,12-,14-/m1/s1. The van der Waals surface area contributed by atoms with Gasteiger partial charge in [0.1, 0.15) is 5.69 Å². The highest BCUT2D eigenvalue weighted by Gasteiger charge is 2.39. The van der Waals surface area contributed by atoms with Crippen LogP contribution in [-0.4, -0.2) is 34.3 Å². The Morgan fingerprint density at radius 1 is 1.29 bits per heavy atom. The first-order valence-corrected chi connectivity index (χ1v) is 7.87. The van der Waals surface area contributed by atoms with Gasteiger partial charge in [0, 0.05) is 18.8 Å². The Bertz CT molecular complexity index is 551. The van der Waals surface area contributed by atoms with E-state index in [9.17, 15) is 9.59 Å². The molecule has 0 unspecified atom stereocenters. The maximum atomic E-state index is 12.7. The first-order valence-electron chi connectivity index (χ1n) is 7.87. The predicted octanol–water partition coefficient (Wildman–Crippen LogP) is 2.15. The van der Waals surface area contributed by atoms with Gasteiger partial charge in [0.05, 0.1) is 5.56 Å². The van der Waals surface area contributed by atoms with Crippen LogP contribution in [0.3, 0.4) is 0 Å². The van der Waals surface area contributed by atoms with Gasteiger partial charge >= 0.3 is 0 Å². The van der Waals surface area contributed by atoms with Gasteiger partial charge in [-0.2, -0.15) is 0 Å². The van der Waals surface area contributed by atoms with E-state index in [4.69, 9.17) is 5.73 Å². The summed E-state index contributed by atoms with van der Waals surface area (Å²) in [5.74, 6) is 0.825. The fraction of sp³-hybridized carbons (Fsp3) is 0.625. The molecule has 0 spiro atoms. The Kier molecular flexibility index (Phi) is 3.74. The van der Waals surface area contributed by atoms with E-state index in [1.54, 1.807) is 6.07 Å². The van der Waals surface area contributed by atoms with Crippen LogP contribution in [-0.2, 0) is 0 Å². The van der Waals surface area contributed by atoms with E-state index < -0.39 is 5.91 Å². The van der Waals surface area contributed by atoms with Gasteiger partial charge in [-0.1, -0.05) is 19.8 Å². The fourth-order valence-electron chi connectivity index (χ4n) is 3.98. The van der Waals surface area contributed by atoms with Gasteiger partial charge in [-0.3, -0.25) is 9.59 Å². The lowest BCUT2D eigenvalue weighted by atomic mass is 9.72. The Morgan fingerprint density at radius 3 is 2.76 bits per heavy atom. The summed E-state index contributed by atoms with van der Waals surface area (Å²) in [6, 6.07) is 1.93. The number of aromatic nitrogens is 1. The van der Waals surface area contributed by atoms with Crippen LogP contribution in [0.2, 0.25) is 0 Å². The van der Waals surface area contributed by atoms with E-state index in [1.807, 2.05) is 4.90 Å². The number of nitrogens with zero attached hydrogens (tertiary/aromatic N) is 1. The molecule has 5 heteroatoms. The molecule has 1 saturated heterocycles. The minimum absolute atomic E-state index is 0.00583. The molecule has 3 atom stereocenters. The number of nitrogens with two attached hydrogens (primary N) is 1. The monoisotopic (exact) mass is 289 g/mol. The van der Waals surface area contributed by atoms with Crippen molar-refractivity contribution in [3.63, 3.8) is 0 Å². The first kappa shape index (κ1) is 14.2. The van der Waals surface area contributed by atoms with Crippen molar-refractivity contribution in [2.24, 2.45) is 17.6 Å². The van der Waals surface area contributed by atoms with Crippen molar-refractivity contribution < 1.29 is 9.59 Å². The van der Waals surface area contributed by atoms with Crippen molar-refractivity contribution in [2.75, 3.05) is 6.54 Å². The molecular weight excluding hydrogens is 266 g/mol. The number of primary amides is 1. The van der Waals surface area contributed by atoms with Gasteiger partial charge in [0.2, 0.25) is 5.91 Å². The van der Waals surface area contributed by atoms with Crippen LogP contribution >= 0.6 is 0 Å². The number of fused-ring (bicyclic) bond motifs is 1. The normalized spacial score (nSPS) is 29.0. The number of H-pyrrole nitrogens is 1. The molecule has 1 saturated carbocycles. The minimum Gasteiger partial charge on any atom is -0.366 e. The number of amides is 2. The maximum Gasteiger partial charge on any atom is 0.270 e. The van der Waals surface area contributed by atoms with Crippen LogP contribution in [0, 0.1) is 11.8 Å². The molecule has 3 N–H and O–H groups in total. The van der Waals surface area contributed by atoms with Crippen LogP contribution in [0.1, 0.15) is 59.9 Å². The second-order valence-electron chi connectivity index (χ2n) is 6.45. The van der Waals surface area contributed by atoms with Crippen molar-refractivity contribution >= 4 is 11.8 Å². The largest absolute Gasteiger partial charge is 0.366 e. The molecule has 2 amide bonds. The molecular formula is C16H23N3O2. The molecule has 114 valence electrons. The van der Waals surface area contributed by atoms with Gasteiger partial charge in [0.15, 0.2) is 0 Å². The average molecular weight is 289 g/mol. The van der Waals surface area contributed by atoms with Crippen molar-refractivity contribution in [1.82, 2.24) is 9.88 Å². The summed E-state index contributed by atoms with van der Waals surface area (Å²) in [5.41, 5.74) is 6.09. The summed E-state index contributed by atoms with van der Waals surface area (Å²) in [6.07, 6.45) is 7.39. The molecule has 5 nitrogen and oxygen atoms in total. The zero-order valence-electron chi connectivity index (χ0n) is 12.5. The van der Waals surface area contributed by atoms with Crippen molar-refractivity contribution in [3.05, 3.63) is 23.5 Å². The molecule has 2 fully saturated rings. The summed E-state index contributed by atoms with van der Waals surface area (Å²) >= 11 is 0. The number of nitrogens with one attached hydrogen (secondary N) is 1. The quantitative estimate of drug-likeness (QED) is 0.875. The number of hydrogen-bond donors (Lipinski definition) is 2. The smallest absolute Gasteiger partial charge is 0.270 e. The summed E-state index contributed by atoms with van der Waals surface area (Å²) in [4.78, 5) is 28.8. The third-order valence-electron chi connectivity index (χ3n) is 5.20. The number of hydrogen-bond acceptors (Lipinski definition) is 2. The Hall–Kier alpha value is -1.78. The molecule has 2 heterocycles. The molecule has 1 aromatic rings. The van der Waals surface area contributed by atoms with E-state index in [0.29, 0.717) is 29.1 Å². The number of carbonyl (C=O) groups is 2. The zero-order valence-corrected chi connectivity index (χ0v) is 12.5. The lowest BCUT2D eigenvalue weighted by molar-refractivity contribution is 0.0213. The molecule has 1 aliphatic carbocycles. The van der Waals surface area contributed by atoms with Gasteiger partial charge in [-0.05, 0) is 37.2 Å². The van der Waals surface area contributed by atoms with Crippen molar-refractivity contribution in [2.45, 2.75) is 45.1 Å². The zero-order chi connectivity index (χ0) is 15.0. The van der Waals surface area contributed by atoms with Gasteiger partial charge in [-0.15, -0.1) is 0 Å². The second kappa shape index (κ2) is 5.54. The van der Waals surface area contributed by atoms with E-state index in [2.05, 4.69) is 11.9 Å². The third-order valence-corrected chi connectivity index (χ3v) is 5.20. The van der Waals surface area contributed by atoms with Crippen LogP contribution < -0.4 is 5.73 Å². The molecule has 1 aromatic heterocycles. The molecule has 3 rings (SSSR count). The number of likely N-dealkylation sites (tertiary alicyclic amines) is 1. The van der Waals surface area contributed by atoms with Gasteiger partial charge in [0.25, 0.3) is 5.91 Å². The van der Waals surface area contributed by atoms with Crippen molar-refractivity contribution in [1.29, 1.82) is 0 Å². The van der Waals surface area contributed by atoms with E-state index >= 15 is 0 Å². The van der Waals surface area contributed by atoms with E-state index in [-0.39, 0.29) is 5.91 Å². The number of piperidine rings is 1. The predicted molar refractivity (Wildman–Crippen MR) is 79.9 cm³/mol. The lowest BCUT2D eigenvalue weighted by Crippen LogP contribution is -2.52. The van der Waals surface area contributed by atoms with Crippen LogP contribution in [0.25, 0.3) is 0 Å². The molecule has 0 aromatic carbocycles. The van der Waals surface area contributed by atoms with E-state index in [0.717, 1.165) is 19.4 Å². The highest BCUT2D eigenvalue weighted by molar-refractivity contribution is 5.98. The van der Waals surface area contributed by atoms with Crippen LogP contribution in [0.5, 0.6) is 0 Å². The SMILES string of the molecule is C[C@@H]1CCN(C(=O)c2cc(C(N)=O)c[nH]2)[C@@H]2CCCC[C@H]12. The average Bonchev–Trinajstić information content (AvgIpc) is 2.97. The topological polar surface area (TPSA) is 79.2 Å². The molecule has 0 radical (unpaired) electrons. The lowest BCUT2D eigenvalue weighted by Gasteiger charge is -2.47. The summed E-state index contributed by atoms with van der Waals surface area (Å²) in [6.45, 7) is 3.12. The number of carbonyl (C=O) groups excluding carboxylic acids is 2. The van der Waals surface area contributed by atoms with Gasteiger partial charge in [-0.25, -0.2) is 0 Å². The Balaban J connectivity index is 1.81. The number of rotatable bonds is 2. The molecule has 0 bridgehead atoms. The van der Waals surface area contributed by atoms with Crippen molar-refractivity contribution in [3.8, 4) is 0 Å². The summed E-state index contributed by atoms with van der Waals surface area (Å²) < 4.78 is 0. The molecule has 1 aliphatic heterocycles. The maximum absolute atomic E-state index is 12.7. The van der Waals surface area contributed by atoms with E-state index in [1.165, 1.54) is 25.5 Å². The summed E-state index contributed by atoms with van der Waals surface area (Å²) in [5, 5.41) is 0. The summed E-state index contributed by atoms with van der Waals surface area (Å²) in [7, 11) is 0. The minimum atomic E-state index is -0.506. The fourth-order valence-corrected chi connectivity index (χ4v) is 3.98. The van der Waals surface area contributed by atoms with Crippen LogP contribution in [0.4, 0.5) is 0 Å². The van der Waals surface area contributed by atoms with Crippen LogP contribution in [0.15, 0.2) is 12.3 Å². The number of aromatic amines is 1. The third kappa shape index (κ3) is 2.57. The Labute approximate surface area is 124 Å². The molecule has 2 aliphatic rings. The van der Waals surface area contributed by atoms with Gasteiger partial charge < -0.3 is 15.6 Å². The first-order chi connectivity index (χ1) is 10.1. The molecule has 21 heavy (non-hydrogen) atoms.